The third-order valence-electron chi connectivity index (χ3n) is 3.27. The van der Waals surface area contributed by atoms with Crippen molar-refractivity contribution in [2.45, 2.75) is 19.4 Å². The monoisotopic (exact) mass is 313 g/mol. The lowest BCUT2D eigenvalue weighted by Crippen LogP contribution is -2.26. The molecule has 1 amide bonds. The van der Waals surface area contributed by atoms with E-state index in [2.05, 4.69) is 0 Å². The molecule has 0 spiro atoms. The average molecular weight is 313 g/mol. The van der Waals surface area contributed by atoms with Crippen molar-refractivity contribution in [1.82, 2.24) is 0 Å². The van der Waals surface area contributed by atoms with Crippen LogP contribution in [0, 0.1) is 6.92 Å². The molecule has 0 radical (unpaired) electrons. The van der Waals surface area contributed by atoms with Gasteiger partial charge < -0.3 is 15.2 Å². The fourth-order valence-electron chi connectivity index (χ4n) is 2.07. The largest absolute Gasteiger partial charge is 0.493 e. The van der Waals surface area contributed by atoms with Gasteiger partial charge in [0.05, 0.1) is 13.0 Å². The smallest absolute Gasteiger partial charge is 0.310 e. The zero-order chi connectivity index (χ0) is 16.7. The van der Waals surface area contributed by atoms with Gasteiger partial charge in [-0.2, -0.15) is 0 Å². The number of esters is 1. The van der Waals surface area contributed by atoms with E-state index in [-0.39, 0.29) is 13.0 Å². The summed E-state index contributed by atoms with van der Waals surface area (Å²) in [5.74, 6) is -0.523. The van der Waals surface area contributed by atoms with E-state index < -0.39 is 18.0 Å². The van der Waals surface area contributed by atoms with Gasteiger partial charge in [-0.3, -0.25) is 9.59 Å². The van der Waals surface area contributed by atoms with E-state index in [4.69, 9.17) is 15.2 Å². The Labute approximate surface area is 135 Å². The van der Waals surface area contributed by atoms with Crippen molar-refractivity contribution in [2.24, 2.45) is 5.73 Å². The lowest BCUT2D eigenvalue weighted by molar-refractivity contribution is -0.155. The van der Waals surface area contributed by atoms with E-state index in [0.29, 0.717) is 5.56 Å². The predicted octanol–water partition coefficient (Wildman–Crippen LogP) is 2.53. The normalized spacial score (nSPS) is 11.5. The van der Waals surface area contributed by atoms with E-state index in [1.54, 1.807) is 30.3 Å². The molecule has 2 rings (SSSR count). The zero-order valence-corrected chi connectivity index (χ0v) is 12.9. The fourth-order valence-corrected chi connectivity index (χ4v) is 2.07. The van der Waals surface area contributed by atoms with Crippen LogP contribution in [0.5, 0.6) is 5.75 Å². The van der Waals surface area contributed by atoms with Crippen LogP contribution in [0.3, 0.4) is 0 Å². The molecule has 23 heavy (non-hydrogen) atoms. The van der Waals surface area contributed by atoms with Crippen LogP contribution in [-0.2, 0) is 14.3 Å². The van der Waals surface area contributed by atoms with Crippen LogP contribution < -0.4 is 10.5 Å². The number of amides is 1. The van der Waals surface area contributed by atoms with Crippen molar-refractivity contribution in [3.8, 4) is 5.75 Å². The van der Waals surface area contributed by atoms with Gasteiger partial charge in [-0.15, -0.1) is 0 Å². The Kier molecular flexibility index (Phi) is 5.74. The van der Waals surface area contributed by atoms with Crippen molar-refractivity contribution in [3.05, 3.63) is 65.7 Å². The van der Waals surface area contributed by atoms with Gasteiger partial charge in [-0.1, -0.05) is 48.5 Å². The second-order valence-corrected chi connectivity index (χ2v) is 5.05. The molecule has 2 aromatic rings. The van der Waals surface area contributed by atoms with Gasteiger partial charge in [0.2, 0.25) is 6.10 Å². The highest BCUT2D eigenvalue weighted by Crippen LogP contribution is 2.19. The maximum atomic E-state index is 11.9. The number of carbonyl (C=O) groups is 2. The number of rotatable bonds is 7. The molecule has 0 saturated heterocycles. The topological polar surface area (TPSA) is 78.6 Å². The minimum absolute atomic E-state index is 0.0327. The third-order valence-corrected chi connectivity index (χ3v) is 3.27. The number of aryl methyl sites for hydroxylation is 1. The summed E-state index contributed by atoms with van der Waals surface area (Å²) in [4.78, 5) is 23.4. The second-order valence-electron chi connectivity index (χ2n) is 5.05. The van der Waals surface area contributed by atoms with E-state index in [9.17, 15) is 9.59 Å². The number of ether oxygens (including phenoxy) is 2. The van der Waals surface area contributed by atoms with E-state index >= 15 is 0 Å². The summed E-state index contributed by atoms with van der Waals surface area (Å²) in [6.45, 7) is 2.09. The van der Waals surface area contributed by atoms with Crippen molar-refractivity contribution in [1.29, 1.82) is 0 Å². The van der Waals surface area contributed by atoms with Gasteiger partial charge >= 0.3 is 5.97 Å². The number of para-hydroxylation sites is 1. The minimum Gasteiger partial charge on any atom is -0.493 e. The molecule has 5 nitrogen and oxygen atoms in total. The molecule has 0 aromatic heterocycles. The van der Waals surface area contributed by atoms with Crippen LogP contribution in [0.15, 0.2) is 54.6 Å². The van der Waals surface area contributed by atoms with Crippen LogP contribution in [0.25, 0.3) is 0 Å². The molecule has 2 aromatic carbocycles. The molecule has 0 aliphatic heterocycles. The molecule has 0 fully saturated rings. The van der Waals surface area contributed by atoms with Gasteiger partial charge in [0.15, 0.2) is 0 Å². The maximum Gasteiger partial charge on any atom is 0.310 e. The van der Waals surface area contributed by atoms with Crippen molar-refractivity contribution in [3.63, 3.8) is 0 Å². The van der Waals surface area contributed by atoms with Gasteiger partial charge in [0, 0.05) is 5.56 Å². The fraction of sp³-hybridized carbons (Fsp3) is 0.222. The van der Waals surface area contributed by atoms with Crippen molar-refractivity contribution >= 4 is 11.9 Å². The number of primary amides is 1. The number of carbonyl (C=O) groups excluding carboxylic acids is 2. The second kappa shape index (κ2) is 7.98. The molecule has 0 heterocycles. The van der Waals surface area contributed by atoms with Gasteiger partial charge in [0.1, 0.15) is 5.75 Å². The summed E-state index contributed by atoms with van der Waals surface area (Å²) < 4.78 is 10.7. The molecule has 0 saturated carbocycles. The Hall–Kier alpha value is -2.82. The molecular formula is C18H19NO4. The Bertz CT molecular complexity index is 670. The SMILES string of the molecule is Cc1ccccc1OCCC(=O)OC(C(N)=O)c1ccccc1. The van der Waals surface area contributed by atoms with Gasteiger partial charge in [-0.25, -0.2) is 0 Å². The highest BCUT2D eigenvalue weighted by molar-refractivity contribution is 5.83. The molecule has 1 atom stereocenters. The van der Waals surface area contributed by atoms with Crippen molar-refractivity contribution in [2.75, 3.05) is 6.61 Å². The Morgan fingerprint density at radius 1 is 1.04 bits per heavy atom. The number of benzene rings is 2. The summed E-state index contributed by atoms with van der Waals surface area (Å²) in [5.41, 5.74) is 6.84. The average Bonchev–Trinajstić information content (AvgIpc) is 2.55. The standard InChI is InChI=1S/C18H19NO4/c1-13-7-5-6-10-15(13)22-12-11-16(20)23-17(18(19)21)14-8-3-2-4-9-14/h2-10,17H,11-12H2,1H3,(H2,19,21). The highest BCUT2D eigenvalue weighted by atomic mass is 16.6. The van der Waals surface area contributed by atoms with E-state index in [0.717, 1.165) is 11.3 Å². The lowest BCUT2D eigenvalue weighted by Gasteiger charge is -2.15. The molecule has 0 aliphatic carbocycles. The summed E-state index contributed by atoms with van der Waals surface area (Å²) >= 11 is 0. The first-order chi connectivity index (χ1) is 11.1. The third kappa shape index (κ3) is 4.85. The Morgan fingerprint density at radius 3 is 2.35 bits per heavy atom. The first kappa shape index (κ1) is 16.5. The first-order valence-corrected chi connectivity index (χ1v) is 7.30. The number of hydrogen-bond acceptors (Lipinski definition) is 4. The Morgan fingerprint density at radius 2 is 1.70 bits per heavy atom. The van der Waals surface area contributed by atoms with Crippen LogP contribution in [-0.4, -0.2) is 18.5 Å². The van der Waals surface area contributed by atoms with Crippen LogP contribution in [0.2, 0.25) is 0 Å². The van der Waals surface area contributed by atoms with Crippen LogP contribution in [0.4, 0.5) is 0 Å². The summed E-state index contributed by atoms with van der Waals surface area (Å²) in [6, 6.07) is 16.2. The first-order valence-electron chi connectivity index (χ1n) is 7.30. The summed E-state index contributed by atoms with van der Waals surface area (Å²) in [5, 5.41) is 0. The predicted molar refractivity (Wildman–Crippen MR) is 85.8 cm³/mol. The maximum absolute atomic E-state index is 11.9. The minimum atomic E-state index is -1.08. The summed E-state index contributed by atoms with van der Waals surface area (Å²) in [6.07, 6.45) is -1.05. The molecular weight excluding hydrogens is 294 g/mol. The van der Waals surface area contributed by atoms with Crippen LogP contribution >= 0.6 is 0 Å². The number of nitrogens with two attached hydrogens (primary N) is 1. The van der Waals surface area contributed by atoms with E-state index in [1.807, 2.05) is 31.2 Å². The van der Waals surface area contributed by atoms with Gasteiger partial charge in [-0.05, 0) is 18.6 Å². The molecule has 2 N–H and O–H groups in total. The van der Waals surface area contributed by atoms with Gasteiger partial charge in [0.25, 0.3) is 5.91 Å². The molecule has 5 heteroatoms. The lowest BCUT2D eigenvalue weighted by atomic mass is 10.1. The molecule has 0 bridgehead atoms. The molecule has 1 unspecified atom stereocenters. The van der Waals surface area contributed by atoms with E-state index in [1.165, 1.54) is 0 Å². The molecule has 0 aliphatic rings. The Balaban J connectivity index is 1.88. The highest BCUT2D eigenvalue weighted by Gasteiger charge is 2.22. The van der Waals surface area contributed by atoms with Crippen LogP contribution in [0.1, 0.15) is 23.7 Å². The molecule has 120 valence electrons. The summed E-state index contributed by atoms with van der Waals surface area (Å²) in [7, 11) is 0. The number of hydrogen-bond donors (Lipinski definition) is 1. The van der Waals surface area contributed by atoms with Crippen molar-refractivity contribution < 1.29 is 19.1 Å². The zero-order valence-electron chi connectivity index (χ0n) is 12.9. The quantitative estimate of drug-likeness (QED) is 0.797.